The molecule has 0 aromatic heterocycles. The SMILES string of the molecule is Cc1ccc(C(=O)N2CCC(COc3ccccc3)(CC(N)=O)CC2)cc1. The summed E-state index contributed by atoms with van der Waals surface area (Å²) in [7, 11) is 0. The molecule has 2 N–H and O–H groups in total. The molecule has 1 aliphatic rings. The lowest BCUT2D eigenvalue weighted by molar-refractivity contribution is -0.121. The molecule has 2 aromatic rings. The van der Waals surface area contributed by atoms with Gasteiger partial charge in [-0.3, -0.25) is 9.59 Å². The molecule has 2 aromatic carbocycles. The summed E-state index contributed by atoms with van der Waals surface area (Å²) in [5.74, 6) is 0.483. The van der Waals surface area contributed by atoms with Crippen molar-refractivity contribution >= 4 is 11.8 Å². The first-order chi connectivity index (χ1) is 13.0. The van der Waals surface area contributed by atoms with E-state index >= 15 is 0 Å². The Kier molecular flexibility index (Phi) is 5.79. The van der Waals surface area contributed by atoms with Crippen molar-refractivity contribution in [2.75, 3.05) is 19.7 Å². The molecule has 0 bridgehead atoms. The maximum atomic E-state index is 12.7. The summed E-state index contributed by atoms with van der Waals surface area (Å²) in [6.45, 7) is 3.61. The number of hydrogen-bond donors (Lipinski definition) is 1. The minimum Gasteiger partial charge on any atom is -0.493 e. The number of primary amides is 1. The number of likely N-dealkylation sites (tertiary alicyclic amines) is 1. The van der Waals surface area contributed by atoms with Gasteiger partial charge < -0.3 is 15.4 Å². The van der Waals surface area contributed by atoms with E-state index in [4.69, 9.17) is 10.5 Å². The highest BCUT2D eigenvalue weighted by Gasteiger charge is 2.38. The van der Waals surface area contributed by atoms with E-state index in [0.717, 1.165) is 11.3 Å². The van der Waals surface area contributed by atoms with Crippen LogP contribution in [0, 0.1) is 12.3 Å². The first kappa shape index (κ1) is 19.0. The number of nitrogens with zero attached hydrogens (tertiary/aromatic N) is 1. The lowest BCUT2D eigenvalue weighted by Gasteiger charge is -2.41. The molecule has 2 amide bonds. The van der Waals surface area contributed by atoms with Crippen molar-refractivity contribution < 1.29 is 14.3 Å². The van der Waals surface area contributed by atoms with E-state index < -0.39 is 0 Å². The van der Waals surface area contributed by atoms with Gasteiger partial charge in [-0.25, -0.2) is 0 Å². The Balaban J connectivity index is 1.65. The minimum atomic E-state index is -0.329. The molecule has 0 radical (unpaired) electrons. The molecule has 0 atom stereocenters. The van der Waals surface area contributed by atoms with Gasteiger partial charge in [-0.1, -0.05) is 35.9 Å². The van der Waals surface area contributed by atoms with Crippen molar-refractivity contribution in [2.24, 2.45) is 11.1 Å². The summed E-state index contributed by atoms with van der Waals surface area (Å²) in [6, 6.07) is 17.2. The zero-order chi connectivity index (χ0) is 19.3. The lowest BCUT2D eigenvalue weighted by Crippen LogP contribution is -2.47. The van der Waals surface area contributed by atoms with Gasteiger partial charge in [-0.05, 0) is 44.0 Å². The van der Waals surface area contributed by atoms with Crippen LogP contribution in [0.2, 0.25) is 0 Å². The molecular formula is C22H26N2O3. The molecule has 0 aliphatic carbocycles. The van der Waals surface area contributed by atoms with Gasteiger partial charge in [0.1, 0.15) is 5.75 Å². The molecule has 3 rings (SSSR count). The average Bonchev–Trinajstić information content (AvgIpc) is 2.67. The number of piperidine rings is 1. The summed E-state index contributed by atoms with van der Waals surface area (Å²) in [5.41, 5.74) is 7.00. The molecule has 1 heterocycles. The number of aryl methyl sites for hydroxylation is 1. The van der Waals surface area contributed by atoms with Crippen molar-refractivity contribution in [2.45, 2.75) is 26.2 Å². The van der Waals surface area contributed by atoms with Crippen LogP contribution in [0.15, 0.2) is 54.6 Å². The summed E-state index contributed by atoms with van der Waals surface area (Å²) in [5, 5.41) is 0. The number of hydrogen-bond acceptors (Lipinski definition) is 3. The summed E-state index contributed by atoms with van der Waals surface area (Å²) in [4.78, 5) is 26.2. The molecular weight excluding hydrogens is 340 g/mol. The second kappa shape index (κ2) is 8.25. The molecule has 142 valence electrons. The number of nitrogens with two attached hydrogens (primary N) is 1. The van der Waals surface area contributed by atoms with Crippen LogP contribution in [0.25, 0.3) is 0 Å². The fourth-order valence-corrected chi connectivity index (χ4v) is 3.56. The number of carbonyl (C=O) groups excluding carboxylic acids is 2. The van der Waals surface area contributed by atoms with Crippen LogP contribution in [0.3, 0.4) is 0 Å². The molecule has 5 nitrogen and oxygen atoms in total. The van der Waals surface area contributed by atoms with Gasteiger partial charge in [-0.2, -0.15) is 0 Å². The van der Waals surface area contributed by atoms with E-state index in [2.05, 4.69) is 0 Å². The van der Waals surface area contributed by atoms with Gasteiger partial charge in [0.2, 0.25) is 5.91 Å². The van der Waals surface area contributed by atoms with E-state index in [1.807, 2.05) is 66.4 Å². The summed E-state index contributed by atoms with van der Waals surface area (Å²) < 4.78 is 5.93. The number of rotatable bonds is 6. The fourth-order valence-electron chi connectivity index (χ4n) is 3.56. The van der Waals surface area contributed by atoms with Crippen LogP contribution in [0.5, 0.6) is 5.75 Å². The van der Waals surface area contributed by atoms with Crippen molar-refractivity contribution in [3.05, 3.63) is 65.7 Å². The van der Waals surface area contributed by atoms with E-state index in [-0.39, 0.29) is 23.7 Å². The molecule has 0 spiro atoms. The van der Waals surface area contributed by atoms with E-state index in [9.17, 15) is 9.59 Å². The second-order valence-electron chi connectivity index (χ2n) is 7.40. The molecule has 1 aliphatic heterocycles. The van der Waals surface area contributed by atoms with Crippen LogP contribution in [0.1, 0.15) is 35.2 Å². The van der Waals surface area contributed by atoms with Crippen molar-refractivity contribution in [1.29, 1.82) is 0 Å². The Morgan fingerprint density at radius 1 is 1.04 bits per heavy atom. The molecule has 1 fully saturated rings. The number of para-hydroxylation sites is 1. The Morgan fingerprint density at radius 2 is 1.67 bits per heavy atom. The first-order valence-corrected chi connectivity index (χ1v) is 9.30. The second-order valence-corrected chi connectivity index (χ2v) is 7.40. The Bertz CT molecular complexity index is 779. The van der Waals surface area contributed by atoms with Crippen molar-refractivity contribution in [3.8, 4) is 5.75 Å². The van der Waals surface area contributed by atoms with Gasteiger partial charge in [-0.15, -0.1) is 0 Å². The zero-order valence-electron chi connectivity index (χ0n) is 15.7. The molecule has 1 saturated heterocycles. The molecule has 0 unspecified atom stereocenters. The quantitative estimate of drug-likeness (QED) is 0.853. The minimum absolute atomic E-state index is 0.0339. The third kappa shape index (κ3) is 4.88. The van der Waals surface area contributed by atoms with Crippen LogP contribution in [-0.2, 0) is 4.79 Å². The highest BCUT2D eigenvalue weighted by atomic mass is 16.5. The monoisotopic (exact) mass is 366 g/mol. The highest BCUT2D eigenvalue weighted by molar-refractivity contribution is 5.94. The normalized spacial score (nSPS) is 16.0. The van der Waals surface area contributed by atoms with Gasteiger partial charge in [0.15, 0.2) is 0 Å². The predicted molar refractivity (Wildman–Crippen MR) is 104 cm³/mol. The van der Waals surface area contributed by atoms with Crippen LogP contribution < -0.4 is 10.5 Å². The molecule has 0 saturated carbocycles. The maximum Gasteiger partial charge on any atom is 0.253 e. The van der Waals surface area contributed by atoms with Crippen molar-refractivity contribution in [1.82, 2.24) is 4.90 Å². The predicted octanol–water partition coefficient (Wildman–Crippen LogP) is 3.17. The smallest absolute Gasteiger partial charge is 0.253 e. The first-order valence-electron chi connectivity index (χ1n) is 9.30. The van der Waals surface area contributed by atoms with Gasteiger partial charge in [0.05, 0.1) is 6.61 Å². The van der Waals surface area contributed by atoms with Gasteiger partial charge >= 0.3 is 0 Å². The molecule has 5 heteroatoms. The van der Waals surface area contributed by atoms with E-state index in [1.165, 1.54) is 0 Å². The Hall–Kier alpha value is -2.82. The van der Waals surface area contributed by atoms with Gasteiger partial charge in [0.25, 0.3) is 5.91 Å². The van der Waals surface area contributed by atoms with E-state index in [1.54, 1.807) is 0 Å². The van der Waals surface area contributed by atoms with Gasteiger partial charge in [0, 0.05) is 30.5 Å². The maximum absolute atomic E-state index is 12.7. The van der Waals surface area contributed by atoms with Crippen molar-refractivity contribution in [3.63, 3.8) is 0 Å². The fraction of sp³-hybridized carbons (Fsp3) is 0.364. The zero-order valence-corrected chi connectivity index (χ0v) is 15.7. The van der Waals surface area contributed by atoms with Crippen LogP contribution >= 0.6 is 0 Å². The topological polar surface area (TPSA) is 72.6 Å². The Labute approximate surface area is 160 Å². The number of ether oxygens (including phenoxy) is 1. The standard InChI is InChI=1S/C22H26N2O3/c1-17-7-9-18(10-8-17)21(26)24-13-11-22(12-14-24,15-20(23)25)16-27-19-5-3-2-4-6-19/h2-10H,11-16H2,1H3,(H2,23,25). The summed E-state index contributed by atoms with van der Waals surface area (Å²) >= 11 is 0. The number of benzene rings is 2. The van der Waals surface area contributed by atoms with Crippen LogP contribution in [-0.4, -0.2) is 36.4 Å². The van der Waals surface area contributed by atoms with E-state index in [0.29, 0.717) is 38.1 Å². The number of amides is 2. The number of carbonyl (C=O) groups is 2. The summed E-state index contributed by atoms with van der Waals surface area (Å²) in [6.07, 6.45) is 1.66. The third-order valence-corrected chi connectivity index (χ3v) is 5.25. The largest absolute Gasteiger partial charge is 0.493 e. The molecule has 27 heavy (non-hydrogen) atoms. The Morgan fingerprint density at radius 3 is 2.26 bits per heavy atom. The average molecular weight is 366 g/mol. The lowest BCUT2D eigenvalue weighted by atomic mass is 9.76. The highest BCUT2D eigenvalue weighted by Crippen LogP contribution is 2.36. The van der Waals surface area contributed by atoms with Crippen LogP contribution in [0.4, 0.5) is 0 Å². The third-order valence-electron chi connectivity index (χ3n) is 5.25.